The molecular weight excluding hydrogens is 424 g/mol. The Hall–Kier alpha value is 0.0969. The first-order chi connectivity index (χ1) is 15.3. The second-order valence-corrected chi connectivity index (χ2v) is 19.2. The lowest BCUT2D eigenvalue weighted by molar-refractivity contribution is -0.0703. The number of methoxy groups -OCH3 is 1. The van der Waals surface area contributed by atoms with Crippen LogP contribution in [0.2, 0.25) is 18.1 Å². The number of hydrogen-bond donors (Lipinski definition) is 1. The van der Waals surface area contributed by atoms with Crippen LogP contribution in [-0.4, -0.2) is 38.8 Å². The van der Waals surface area contributed by atoms with Gasteiger partial charge in [-0.15, -0.1) is 0 Å². The summed E-state index contributed by atoms with van der Waals surface area (Å²) in [6.07, 6.45) is 13.1. The van der Waals surface area contributed by atoms with Gasteiger partial charge in [0.15, 0.2) is 8.32 Å². The predicted octanol–water partition coefficient (Wildman–Crippen LogP) is 7.43. The highest BCUT2D eigenvalue weighted by Gasteiger charge is 2.58. The third-order valence-corrected chi connectivity index (χ3v) is 16.4. The van der Waals surface area contributed by atoms with E-state index in [0.29, 0.717) is 18.1 Å². The fourth-order valence-corrected chi connectivity index (χ4v) is 10.5. The summed E-state index contributed by atoms with van der Waals surface area (Å²) in [6.45, 7) is 17.5. The lowest BCUT2D eigenvalue weighted by Crippen LogP contribution is -2.51. The van der Waals surface area contributed by atoms with Crippen LogP contribution in [0.3, 0.4) is 0 Å². The van der Waals surface area contributed by atoms with Crippen molar-refractivity contribution in [2.75, 3.05) is 13.7 Å². The normalized spacial score (nSPS) is 45.0. The molecule has 1 unspecified atom stereocenters. The molecule has 0 aromatic rings. The van der Waals surface area contributed by atoms with Crippen LogP contribution in [0.1, 0.15) is 98.8 Å². The first-order valence-electron chi connectivity index (χ1n) is 14.2. The van der Waals surface area contributed by atoms with Crippen molar-refractivity contribution in [3.05, 3.63) is 0 Å². The van der Waals surface area contributed by atoms with Crippen molar-refractivity contribution in [3.8, 4) is 0 Å². The van der Waals surface area contributed by atoms with Gasteiger partial charge in [-0.05, 0) is 130 Å². The first kappa shape index (κ1) is 26.2. The van der Waals surface area contributed by atoms with E-state index in [-0.39, 0.29) is 5.04 Å². The van der Waals surface area contributed by atoms with Gasteiger partial charge in [-0.2, -0.15) is 0 Å². The van der Waals surface area contributed by atoms with E-state index in [4.69, 9.17) is 9.16 Å². The molecule has 4 aliphatic rings. The molecule has 0 aliphatic heterocycles. The van der Waals surface area contributed by atoms with Gasteiger partial charge in [-0.25, -0.2) is 0 Å². The zero-order valence-corrected chi connectivity index (χ0v) is 24.1. The van der Waals surface area contributed by atoms with Crippen LogP contribution < -0.4 is 0 Å². The van der Waals surface area contributed by atoms with E-state index >= 15 is 0 Å². The molecule has 0 amide bonds. The van der Waals surface area contributed by atoms with Gasteiger partial charge in [0.05, 0.1) is 12.2 Å². The minimum absolute atomic E-state index is 0.278. The average Bonchev–Trinajstić information content (AvgIpc) is 2.98. The third-order valence-electron chi connectivity index (χ3n) is 11.8. The molecule has 0 bridgehead atoms. The summed E-state index contributed by atoms with van der Waals surface area (Å²) in [5.74, 6) is 5.06. The molecule has 0 heterocycles. The molecule has 33 heavy (non-hydrogen) atoms. The lowest BCUT2D eigenvalue weighted by atomic mass is 9.50. The van der Waals surface area contributed by atoms with Gasteiger partial charge in [0, 0.05) is 13.2 Å². The molecule has 0 aromatic carbocycles. The van der Waals surface area contributed by atoms with Crippen molar-refractivity contribution in [2.45, 2.75) is 129 Å². The quantitative estimate of drug-likeness (QED) is 0.417. The molecule has 0 saturated heterocycles. The van der Waals surface area contributed by atoms with Crippen molar-refractivity contribution in [2.24, 2.45) is 40.9 Å². The Morgan fingerprint density at radius 2 is 1.58 bits per heavy atom. The summed E-state index contributed by atoms with van der Waals surface area (Å²) in [6, 6.07) is 0. The molecule has 4 saturated carbocycles. The fourth-order valence-electron chi connectivity index (χ4n) is 9.00. The molecule has 4 heteroatoms. The van der Waals surface area contributed by atoms with Gasteiger partial charge in [-0.1, -0.05) is 27.7 Å². The Morgan fingerprint density at radius 3 is 2.24 bits per heavy atom. The Bertz CT molecular complexity index is 687. The average molecular weight is 479 g/mol. The first-order valence-corrected chi connectivity index (χ1v) is 17.1. The molecular formula is C29H54O3Si. The molecule has 4 rings (SSSR count). The minimum atomic E-state index is -1.74. The third kappa shape index (κ3) is 4.77. The highest BCUT2D eigenvalue weighted by molar-refractivity contribution is 6.74. The van der Waals surface area contributed by atoms with Gasteiger partial charge in [0.2, 0.25) is 0 Å². The largest absolute Gasteiger partial charge is 0.414 e. The summed E-state index contributed by atoms with van der Waals surface area (Å²) >= 11 is 0. The molecule has 192 valence electrons. The van der Waals surface area contributed by atoms with Crippen molar-refractivity contribution in [1.29, 1.82) is 0 Å². The monoisotopic (exact) mass is 478 g/mol. The van der Waals surface area contributed by atoms with E-state index in [1.807, 2.05) is 0 Å². The van der Waals surface area contributed by atoms with E-state index < -0.39 is 13.9 Å². The van der Waals surface area contributed by atoms with Crippen molar-refractivity contribution in [3.63, 3.8) is 0 Å². The summed E-state index contributed by atoms with van der Waals surface area (Å²) in [5, 5.41) is 11.4. The van der Waals surface area contributed by atoms with E-state index in [0.717, 1.165) is 48.3 Å². The molecule has 0 spiro atoms. The predicted molar refractivity (Wildman–Crippen MR) is 140 cm³/mol. The number of aliphatic hydroxyl groups is 1. The Kier molecular flexibility index (Phi) is 7.29. The highest BCUT2D eigenvalue weighted by Crippen LogP contribution is 2.65. The Balaban J connectivity index is 1.47. The number of ether oxygens (including phenoxy) is 1. The lowest BCUT2D eigenvalue weighted by Gasteiger charge is -2.55. The number of hydrogen-bond acceptors (Lipinski definition) is 3. The van der Waals surface area contributed by atoms with Crippen LogP contribution in [0.25, 0.3) is 0 Å². The van der Waals surface area contributed by atoms with E-state index in [1.165, 1.54) is 51.4 Å². The maximum Gasteiger partial charge on any atom is 0.192 e. The summed E-state index contributed by atoms with van der Waals surface area (Å²) in [5.41, 5.74) is -0.128. The van der Waals surface area contributed by atoms with Crippen LogP contribution >= 0.6 is 0 Å². The standard InChI is InChI=1S/C29H54O3Si/c1-20(32-33(7,8)27(2,3)4)25-11-12-26-24-10-9-21-13-17-29(30,19-31-6)18-15-22(21)23(24)14-16-28(25,26)5/h20-26,30H,9-19H2,1-8H3/t20?,21-,22+,23-,24-,25-,26+,28-,29+/m1/s1. The van der Waals surface area contributed by atoms with Crippen molar-refractivity contribution >= 4 is 8.32 Å². The highest BCUT2D eigenvalue weighted by atomic mass is 28.4. The zero-order chi connectivity index (χ0) is 24.2. The van der Waals surface area contributed by atoms with E-state index in [9.17, 15) is 5.11 Å². The molecule has 4 aliphatic carbocycles. The Morgan fingerprint density at radius 1 is 0.909 bits per heavy atom. The topological polar surface area (TPSA) is 38.7 Å². The molecule has 3 nitrogen and oxygen atoms in total. The van der Waals surface area contributed by atoms with Gasteiger partial charge in [0.1, 0.15) is 0 Å². The molecule has 9 atom stereocenters. The maximum atomic E-state index is 11.1. The summed E-state index contributed by atoms with van der Waals surface area (Å²) < 4.78 is 12.4. The van der Waals surface area contributed by atoms with Gasteiger partial charge in [-0.3, -0.25) is 0 Å². The van der Waals surface area contributed by atoms with E-state index in [2.05, 4.69) is 47.7 Å². The van der Waals surface area contributed by atoms with Gasteiger partial charge < -0.3 is 14.3 Å². The number of fused-ring (bicyclic) bond motifs is 5. The van der Waals surface area contributed by atoms with Crippen LogP contribution in [0.15, 0.2) is 0 Å². The van der Waals surface area contributed by atoms with Crippen molar-refractivity contribution < 1.29 is 14.3 Å². The van der Waals surface area contributed by atoms with Gasteiger partial charge in [0.25, 0.3) is 0 Å². The number of rotatable bonds is 5. The molecule has 4 fully saturated rings. The van der Waals surface area contributed by atoms with Crippen LogP contribution in [0.4, 0.5) is 0 Å². The van der Waals surface area contributed by atoms with Crippen molar-refractivity contribution in [1.82, 2.24) is 0 Å². The van der Waals surface area contributed by atoms with Crippen LogP contribution in [-0.2, 0) is 9.16 Å². The van der Waals surface area contributed by atoms with Crippen LogP contribution in [0, 0.1) is 40.9 Å². The van der Waals surface area contributed by atoms with Crippen LogP contribution in [0.5, 0.6) is 0 Å². The second kappa shape index (κ2) is 9.20. The zero-order valence-electron chi connectivity index (χ0n) is 23.1. The molecule has 0 aromatic heterocycles. The smallest absolute Gasteiger partial charge is 0.192 e. The SMILES string of the molecule is COC[C@]1(O)CC[C@H]2CC[C@@H]3[C@H](CC[C@]4(C)[C@@H](C(C)O[Si](C)(C)C(C)(C)C)CC[C@@H]34)[C@H]2CC1. The van der Waals surface area contributed by atoms with E-state index in [1.54, 1.807) is 7.11 Å². The van der Waals surface area contributed by atoms with Gasteiger partial charge >= 0.3 is 0 Å². The summed E-state index contributed by atoms with van der Waals surface area (Å²) in [4.78, 5) is 0. The maximum absolute atomic E-state index is 11.1. The summed E-state index contributed by atoms with van der Waals surface area (Å²) in [7, 11) is -0.00654. The fraction of sp³-hybridized carbons (Fsp3) is 1.00. The molecule has 0 radical (unpaired) electrons. The Labute approximate surface area is 205 Å². The minimum Gasteiger partial charge on any atom is -0.414 e. The molecule has 1 N–H and O–H groups in total. The second-order valence-electron chi connectivity index (χ2n) is 14.5.